The van der Waals surface area contributed by atoms with Crippen LogP contribution in [0.3, 0.4) is 0 Å². The molecule has 74 valence electrons. The van der Waals surface area contributed by atoms with Gasteiger partial charge in [-0.2, -0.15) is 11.8 Å². The smallest absolute Gasteiger partial charge is 0.0431 e. The molecule has 1 N–H and O–H groups in total. The fourth-order valence-electron chi connectivity index (χ4n) is 1.03. The van der Waals surface area contributed by atoms with Crippen LogP contribution in [0.4, 0.5) is 0 Å². The van der Waals surface area contributed by atoms with Gasteiger partial charge in [0.2, 0.25) is 0 Å². The van der Waals surface area contributed by atoms with E-state index in [0.717, 1.165) is 12.8 Å². The molecule has 0 radical (unpaired) electrons. The van der Waals surface area contributed by atoms with E-state index in [1.165, 1.54) is 25.3 Å². The van der Waals surface area contributed by atoms with Crippen molar-refractivity contribution >= 4 is 11.8 Å². The molecule has 0 aliphatic heterocycles. The van der Waals surface area contributed by atoms with Crippen LogP contribution in [0.2, 0.25) is 0 Å². The first-order chi connectivity index (χ1) is 5.81. The Labute approximate surface area is 80.3 Å². The molecule has 0 aliphatic carbocycles. The Kier molecular flexibility index (Phi) is 9.57. The van der Waals surface area contributed by atoms with Crippen molar-refractivity contribution in [1.29, 1.82) is 0 Å². The van der Waals surface area contributed by atoms with Crippen molar-refractivity contribution in [2.75, 3.05) is 38.8 Å². The minimum Gasteiger partial charge on any atom is -0.396 e. The zero-order valence-corrected chi connectivity index (χ0v) is 9.07. The molecule has 0 aromatic heterocycles. The molecule has 0 spiro atoms. The minimum absolute atomic E-state index is 0.342. The number of nitrogens with zero attached hydrogens (tertiary/aromatic N) is 1. The first kappa shape index (κ1) is 12.3. The van der Waals surface area contributed by atoms with E-state index in [1.54, 1.807) is 0 Å². The van der Waals surface area contributed by atoms with E-state index in [-0.39, 0.29) is 0 Å². The molecule has 0 amide bonds. The Morgan fingerprint density at radius 2 is 1.92 bits per heavy atom. The molecule has 2 nitrogen and oxygen atoms in total. The highest BCUT2D eigenvalue weighted by molar-refractivity contribution is 7.98. The lowest BCUT2D eigenvalue weighted by atomic mass is 10.2. The van der Waals surface area contributed by atoms with E-state index >= 15 is 0 Å². The number of hydrogen-bond acceptors (Lipinski definition) is 3. The van der Waals surface area contributed by atoms with Crippen LogP contribution in [0.15, 0.2) is 0 Å². The first-order valence-corrected chi connectivity index (χ1v) is 5.99. The SMILES string of the molecule is CSCCN(C)CCCCCO. The zero-order valence-electron chi connectivity index (χ0n) is 8.25. The van der Waals surface area contributed by atoms with Gasteiger partial charge in [-0.25, -0.2) is 0 Å². The fourth-order valence-corrected chi connectivity index (χ4v) is 1.52. The van der Waals surface area contributed by atoms with Gasteiger partial charge >= 0.3 is 0 Å². The van der Waals surface area contributed by atoms with E-state index in [2.05, 4.69) is 18.2 Å². The highest BCUT2D eigenvalue weighted by atomic mass is 32.2. The van der Waals surface area contributed by atoms with Crippen LogP contribution in [0.5, 0.6) is 0 Å². The van der Waals surface area contributed by atoms with Gasteiger partial charge in [-0.1, -0.05) is 0 Å². The number of thioether (sulfide) groups is 1. The zero-order chi connectivity index (χ0) is 9.23. The van der Waals surface area contributed by atoms with Crippen LogP contribution in [-0.2, 0) is 0 Å². The Bertz CT molecular complexity index is 90.6. The van der Waals surface area contributed by atoms with Crippen LogP contribution in [0.25, 0.3) is 0 Å². The third kappa shape index (κ3) is 8.37. The van der Waals surface area contributed by atoms with Crippen molar-refractivity contribution < 1.29 is 5.11 Å². The summed E-state index contributed by atoms with van der Waals surface area (Å²) in [5, 5.41) is 8.56. The molecule has 0 fully saturated rings. The Hall–Kier alpha value is 0.270. The van der Waals surface area contributed by atoms with Gasteiger partial charge < -0.3 is 10.0 Å². The average Bonchev–Trinajstić information content (AvgIpc) is 2.09. The Morgan fingerprint density at radius 1 is 1.17 bits per heavy atom. The van der Waals surface area contributed by atoms with Crippen molar-refractivity contribution in [2.45, 2.75) is 19.3 Å². The van der Waals surface area contributed by atoms with Gasteiger partial charge in [0.1, 0.15) is 0 Å². The number of unbranched alkanes of at least 4 members (excludes halogenated alkanes) is 2. The quantitative estimate of drug-likeness (QED) is 0.587. The molecule has 3 heteroatoms. The van der Waals surface area contributed by atoms with Gasteiger partial charge in [-0.05, 0) is 39.1 Å². The third-order valence-electron chi connectivity index (χ3n) is 1.88. The van der Waals surface area contributed by atoms with Gasteiger partial charge in [0.05, 0.1) is 0 Å². The van der Waals surface area contributed by atoms with Gasteiger partial charge in [0, 0.05) is 18.9 Å². The number of rotatable bonds is 8. The van der Waals surface area contributed by atoms with Crippen LogP contribution < -0.4 is 0 Å². The molecule has 0 rings (SSSR count). The topological polar surface area (TPSA) is 23.5 Å². The predicted molar refractivity (Wildman–Crippen MR) is 56.8 cm³/mol. The standard InChI is InChI=1S/C9H21NOS/c1-10(7-9-12-2)6-4-3-5-8-11/h11H,3-9H2,1-2H3. The summed E-state index contributed by atoms with van der Waals surface area (Å²) in [6.45, 7) is 2.69. The lowest BCUT2D eigenvalue weighted by Crippen LogP contribution is -2.22. The fraction of sp³-hybridized carbons (Fsp3) is 1.00. The van der Waals surface area contributed by atoms with Gasteiger partial charge in [-0.15, -0.1) is 0 Å². The molecular weight excluding hydrogens is 170 g/mol. The summed E-state index contributed by atoms with van der Waals surface area (Å²) >= 11 is 1.89. The molecular formula is C9H21NOS. The van der Waals surface area contributed by atoms with Crippen molar-refractivity contribution in [3.8, 4) is 0 Å². The van der Waals surface area contributed by atoms with Crippen LogP contribution >= 0.6 is 11.8 Å². The molecule has 0 aromatic rings. The highest BCUT2D eigenvalue weighted by Crippen LogP contribution is 1.98. The number of aliphatic hydroxyl groups is 1. The molecule has 0 saturated heterocycles. The normalized spacial score (nSPS) is 11.0. The second kappa shape index (κ2) is 9.36. The van der Waals surface area contributed by atoms with E-state index in [4.69, 9.17) is 5.11 Å². The Morgan fingerprint density at radius 3 is 2.50 bits per heavy atom. The maximum atomic E-state index is 8.56. The van der Waals surface area contributed by atoms with Crippen molar-refractivity contribution in [2.24, 2.45) is 0 Å². The molecule has 0 unspecified atom stereocenters. The second-order valence-corrected chi connectivity index (χ2v) is 4.07. The van der Waals surface area contributed by atoms with E-state index in [1.807, 2.05) is 11.8 Å². The summed E-state index contributed by atoms with van der Waals surface area (Å²) in [6.07, 6.45) is 5.46. The lowest BCUT2D eigenvalue weighted by molar-refractivity contribution is 0.275. The molecule has 0 heterocycles. The maximum Gasteiger partial charge on any atom is 0.0431 e. The largest absolute Gasteiger partial charge is 0.396 e. The molecule has 0 bridgehead atoms. The minimum atomic E-state index is 0.342. The van der Waals surface area contributed by atoms with E-state index < -0.39 is 0 Å². The molecule has 0 aliphatic rings. The second-order valence-electron chi connectivity index (χ2n) is 3.08. The van der Waals surface area contributed by atoms with Crippen LogP contribution in [-0.4, -0.2) is 48.8 Å². The predicted octanol–water partition coefficient (Wildman–Crippen LogP) is 1.44. The number of hydrogen-bond donors (Lipinski definition) is 1. The summed E-state index contributed by atoms with van der Waals surface area (Å²) in [5.41, 5.74) is 0. The van der Waals surface area contributed by atoms with Crippen LogP contribution in [0.1, 0.15) is 19.3 Å². The number of aliphatic hydroxyl groups excluding tert-OH is 1. The Balaban J connectivity index is 3.02. The van der Waals surface area contributed by atoms with E-state index in [0.29, 0.717) is 6.61 Å². The molecule has 0 atom stereocenters. The van der Waals surface area contributed by atoms with Crippen LogP contribution in [0, 0.1) is 0 Å². The monoisotopic (exact) mass is 191 g/mol. The molecule has 12 heavy (non-hydrogen) atoms. The lowest BCUT2D eigenvalue weighted by Gasteiger charge is -2.15. The summed E-state index contributed by atoms with van der Waals surface area (Å²) in [5.74, 6) is 1.22. The molecule has 0 aromatic carbocycles. The van der Waals surface area contributed by atoms with Crippen molar-refractivity contribution in [1.82, 2.24) is 4.90 Å². The third-order valence-corrected chi connectivity index (χ3v) is 2.47. The maximum absolute atomic E-state index is 8.56. The van der Waals surface area contributed by atoms with Gasteiger partial charge in [0.15, 0.2) is 0 Å². The van der Waals surface area contributed by atoms with Gasteiger partial charge in [-0.3, -0.25) is 0 Å². The summed E-state index contributed by atoms with van der Waals surface area (Å²) in [6, 6.07) is 0. The van der Waals surface area contributed by atoms with Gasteiger partial charge in [0.25, 0.3) is 0 Å². The molecule has 0 saturated carbocycles. The summed E-state index contributed by atoms with van der Waals surface area (Å²) in [4.78, 5) is 2.36. The summed E-state index contributed by atoms with van der Waals surface area (Å²) in [7, 11) is 2.16. The average molecular weight is 191 g/mol. The highest BCUT2D eigenvalue weighted by Gasteiger charge is 1.96. The van der Waals surface area contributed by atoms with E-state index in [9.17, 15) is 0 Å². The van der Waals surface area contributed by atoms with Crippen molar-refractivity contribution in [3.05, 3.63) is 0 Å². The summed E-state index contributed by atoms with van der Waals surface area (Å²) < 4.78 is 0. The first-order valence-electron chi connectivity index (χ1n) is 4.59. The van der Waals surface area contributed by atoms with Crippen molar-refractivity contribution in [3.63, 3.8) is 0 Å².